The second-order valence-electron chi connectivity index (χ2n) is 3.81. The molecule has 0 spiro atoms. The molecule has 0 fully saturated rings. The van der Waals surface area contributed by atoms with Gasteiger partial charge in [0, 0.05) is 5.56 Å². The Labute approximate surface area is 128 Å². The van der Waals surface area contributed by atoms with Crippen LogP contribution < -0.4 is 0 Å². The Kier molecular flexibility index (Phi) is 4.27. The lowest BCUT2D eigenvalue weighted by Gasteiger charge is -2.01. The number of nitrogens with zero attached hydrogens (tertiary/aromatic N) is 3. The number of benzene rings is 1. The van der Waals surface area contributed by atoms with E-state index < -0.39 is 10.7 Å². The number of rotatable bonds is 4. The number of Topliss-reactive ketones (excluding diaryl/α,β-unsaturated/α-hetero) is 1. The normalized spacial score (nSPS) is 10.6. The van der Waals surface area contributed by atoms with Gasteiger partial charge in [0.1, 0.15) is 6.54 Å². The van der Waals surface area contributed by atoms with E-state index in [-0.39, 0.29) is 22.4 Å². The minimum Gasteiger partial charge on any atom is -0.358 e. The van der Waals surface area contributed by atoms with Crippen molar-refractivity contribution < 1.29 is 9.72 Å². The predicted molar refractivity (Wildman–Crippen MR) is 74.7 cm³/mol. The zero-order valence-corrected chi connectivity index (χ0v) is 12.0. The lowest BCUT2D eigenvalue weighted by molar-refractivity contribution is -0.389. The van der Waals surface area contributed by atoms with Crippen molar-refractivity contribution in [1.82, 2.24) is 9.78 Å². The molecule has 2 rings (SSSR count). The van der Waals surface area contributed by atoms with E-state index in [9.17, 15) is 14.9 Å². The van der Waals surface area contributed by atoms with E-state index in [4.69, 9.17) is 34.8 Å². The third kappa shape index (κ3) is 3.09. The van der Waals surface area contributed by atoms with Crippen LogP contribution in [0.25, 0.3) is 0 Å². The molecular weight excluding hydrogens is 328 g/mol. The molecule has 0 saturated heterocycles. The first kappa shape index (κ1) is 14.8. The molecule has 0 aliphatic carbocycles. The maximum atomic E-state index is 12.0. The standard InChI is InChI=1S/C11H6Cl3N3O3/c12-7-2-1-6(3-8(7)13)10(18)5-16-4-9(14)11(15-16)17(19)20/h1-4H,5H2. The Morgan fingerprint density at radius 2 is 1.95 bits per heavy atom. The largest absolute Gasteiger partial charge is 0.408 e. The maximum Gasteiger partial charge on any atom is 0.408 e. The molecule has 0 bridgehead atoms. The molecule has 0 N–H and O–H groups in total. The molecule has 0 aliphatic heterocycles. The highest BCUT2D eigenvalue weighted by atomic mass is 35.5. The van der Waals surface area contributed by atoms with Crippen molar-refractivity contribution in [2.24, 2.45) is 0 Å². The highest BCUT2D eigenvalue weighted by molar-refractivity contribution is 6.42. The van der Waals surface area contributed by atoms with Gasteiger partial charge in [0.25, 0.3) is 0 Å². The summed E-state index contributed by atoms with van der Waals surface area (Å²) in [7, 11) is 0. The van der Waals surface area contributed by atoms with Gasteiger partial charge in [-0.3, -0.25) is 4.79 Å². The summed E-state index contributed by atoms with van der Waals surface area (Å²) in [5.41, 5.74) is 0.327. The fraction of sp³-hybridized carbons (Fsp3) is 0.0909. The van der Waals surface area contributed by atoms with E-state index in [1.54, 1.807) is 0 Å². The summed E-state index contributed by atoms with van der Waals surface area (Å²) < 4.78 is 1.10. The molecule has 104 valence electrons. The Morgan fingerprint density at radius 1 is 1.25 bits per heavy atom. The van der Waals surface area contributed by atoms with Crippen LogP contribution in [0.15, 0.2) is 24.4 Å². The number of carbonyl (C=O) groups is 1. The summed E-state index contributed by atoms with van der Waals surface area (Å²) in [6.45, 7) is -0.189. The number of nitro groups is 1. The first-order valence-electron chi connectivity index (χ1n) is 5.24. The maximum absolute atomic E-state index is 12.0. The number of carbonyl (C=O) groups excluding carboxylic acids is 1. The molecule has 9 heteroatoms. The van der Waals surface area contributed by atoms with Crippen LogP contribution in [0.5, 0.6) is 0 Å². The van der Waals surface area contributed by atoms with Gasteiger partial charge in [-0.1, -0.05) is 34.8 Å². The third-order valence-electron chi connectivity index (χ3n) is 2.42. The predicted octanol–water partition coefficient (Wildman–Crippen LogP) is 3.63. The summed E-state index contributed by atoms with van der Waals surface area (Å²) in [5.74, 6) is -0.814. The van der Waals surface area contributed by atoms with Gasteiger partial charge in [0.2, 0.25) is 0 Å². The van der Waals surface area contributed by atoms with Gasteiger partial charge in [-0.15, -0.1) is 0 Å². The fourth-order valence-electron chi connectivity index (χ4n) is 1.50. The highest BCUT2D eigenvalue weighted by Crippen LogP contribution is 2.24. The summed E-state index contributed by atoms with van der Waals surface area (Å²) >= 11 is 17.2. The first-order valence-corrected chi connectivity index (χ1v) is 6.37. The van der Waals surface area contributed by atoms with Gasteiger partial charge in [0.15, 0.2) is 10.8 Å². The van der Waals surface area contributed by atoms with E-state index in [1.807, 2.05) is 0 Å². The molecule has 0 unspecified atom stereocenters. The number of hydrogen-bond acceptors (Lipinski definition) is 4. The number of halogens is 3. The molecule has 1 heterocycles. The summed E-state index contributed by atoms with van der Waals surface area (Å²) in [5, 5.41) is 14.7. The highest BCUT2D eigenvalue weighted by Gasteiger charge is 2.20. The van der Waals surface area contributed by atoms with E-state index in [0.717, 1.165) is 4.68 Å². The zero-order chi connectivity index (χ0) is 14.9. The quantitative estimate of drug-likeness (QED) is 0.486. The van der Waals surface area contributed by atoms with Crippen LogP contribution in [0.3, 0.4) is 0 Å². The van der Waals surface area contributed by atoms with Crippen molar-refractivity contribution in [2.45, 2.75) is 6.54 Å². The molecule has 2 aromatic rings. The van der Waals surface area contributed by atoms with Crippen LogP contribution in [0.2, 0.25) is 15.1 Å². The van der Waals surface area contributed by atoms with Crippen LogP contribution in [0, 0.1) is 10.1 Å². The van der Waals surface area contributed by atoms with Crippen molar-refractivity contribution in [1.29, 1.82) is 0 Å². The van der Waals surface area contributed by atoms with Crippen LogP contribution in [0.4, 0.5) is 5.82 Å². The Balaban J connectivity index is 2.21. The van der Waals surface area contributed by atoms with Gasteiger partial charge in [-0.25, -0.2) is 0 Å². The first-order chi connectivity index (χ1) is 9.38. The van der Waals surface area contributed by atoms with Gasteiger partial charge in [-0.2, -0.15) is 4.68 Å². The van der Waals surface area contributed by atoms with E-state index >= 15 is 0 Å². The van der Waals surface area contributed by atoms with E-state index in [2.05, 4.69) is 5.10 Å². The van der Waals surface area contributed by atoms with Gasteiger partial charge >= 0.3 is 5.82 Å². The SMILES string of the molecule is O=C(Cn1cc(Cl)c([N+](=O)[O-])n1)c1ccc(Cl)c(Cl)c1. The summed E-state index contributed by atoms with van der Waals surface area (Å²) in [6, 6.07) is 4.43. The molecule has 1 aromatic heterocycles. The lowest BCUT2D eigenvalue weighted by Crippen LogP contribution is -2.11. The second kappa shape index (κ2) is 5.78. The number of hydrogen-bond donors (Lipinski definition) is 0. The number of ketones is 1. The average molecular weight is 335 g/mol. The average Bonchev–Trinajstić information content (AvgIpc) is 2.73. The zero-order valence-electron chi connectivity index (χ0n) is 9.72. The Bertz CT molecular complexity index is 699. The molecule has 6 nitrogen and oxygen atoms in total. The van der Waals surface area contributed by atoms with Gasteiger partial charge < -0.3 is 10.1 Å². The van der Waals surface area contributed by atoms with Crippen LogP contribution in [-0.4, -0.2) is 20.5 Å². The van der Waals surface area contributed by atoms with E-state index in [1.165, 1.54) is 24.4 Å². The molecule has 1 aromatic carbocycles. The smallest absolute Gasteiger partial charge is 0.358 e. The van der Waals surface area contributed by atoms with Gasteiger partial charge in [0.05, 0.1) is 21.3 Å². The van der Waals surface area contributed by atoms with Gasteiger partial charge in [-0.05, 0) is 23.1 Å². The van der Waals surface area contributed by atoms with Crippen molar-refractivity contribution >= 4 is 46.4 Å². The van der Waals surface area contributed by atoms with Crippen molar-refractivity contribution in [3.63, 3.8) is 0 Å². The second-order valence-corrected chi connectivity index (χ2v) is 5.03. The number of aromatic nitrogens is 2. The molecule has 0 amide bonds. The summed E-state index contributed by atoms with van der Waals surface area (Å²) in [6.07, 6.45) is 1.22. The minimum absolute atomic E-state index is 0.128. The van der Waals surface area contributed by atoms with Crippen LogP contribution in [0.1, 0.15) is 10.4 Å². The summed E-state index contributed by atoms with van der Waals surface area (Å²) in [4.78, 5) is 21.9. The molecule has 0 aliphatic rings. The van der Waals surface area contributed by atoms with Crippen LogP contribution in [-0.2, 0) is 6.54 Å². The Hall–Kier alpha value is -1.63. The molecule has 0 saturated carbocycles. The molecule has 20 heavy (non-hydrogen) atoms. The van der Waals surface area contributed by atoms with E-state index in [0.29, 0.717) is 10.6 Å². The van der Waals surface area contributed by atoms with Crippen molar-refractivity contribution in [3.8, 4) is 0 Å². The fourth-order valence-corrected chi connectivity index (χ4v) is 2.02. The molecular formula is C11H6Cl3N3O3. The van der Waals surface area contributed by atoms with Crippen LogP contribution >= 0.6 is 34.8 Å². The molecule has 0 radical (unpaired) electrons. The topological polar surface area (TPSA) is 78.0 Å². The Morgan fingerprint density at radius 3 is 2.50 bits per heavy atom. The monoisotopic (exact) mass is 333 g/mol. The minimum atomic E-state index is -0.720. The van der Waals surface area contributed by atoms with Crippen molar-refractivity contribution in [2.75, 3.05) is 0 Å². The van der Waals surface area contributed by atoms with Crippen molar-refractivity contribution in [3.05, 3.63) is 55.1 Å². The molecule has 0 atom stereocenters. The third-order valence-corrected chi connectivity index (χ3v) is 3.42. The lowest BCUT2D eigenvalue weighted by atomic mass is 10.1.